The summed E-state index contributed by atoms with van der Waals surface area (Å²) in [4.78, 5) is 39.0. The van der Waals surface area contributed by atoms with E-state index in [1.807, 2.05) is 6.92 Å². The molecule has 0 saturated carbocycles. The minimum absolute atomic E-state index is 0.00177. The van der Waals surface area contributed by atoms with Crippen molar-refractivity contribution in [2.24, 2.45) is 0 Å². The number of rotatable bonds is 10. The van der Waals surface area contributed by atoms with Crippen LogP contribution in [0.15, 0.2) is 77.8 Å². The second kappa shape index (κ2) is 12.3. The first-order valence-electron chi connectivity index (χ1n) is 12.9. The first kappa shape index (κ1) is 29.3. The lowest BCUT2D eigenvalue weighted by atomic mass is 9.98. The number of anilines is 1. The number of methoxy groups -OCH3 is 1. The smallest absolute Gasteiger partial charge is 0.324 e. The third kappa shape index (κ3) is 6.09. The number of benzene rings is 3. The Kier molecular flexibility index (Phi) is 8.77. The summed E-state index contributed by atoms with van der Waals surface area (Å²) in [5.74, 6) is -3.16. The van der Waals surface area contributed by atoms with Gasteiger partial charge < -0.3 is 19.5 Å². The van der Waals surface area contributed by atoms with E-state index in [-0.39, 0.29) is 34.6 Å². The van der Waals surface area contributed by atoms with Crippen molar-refractivity contribution in [1.29, 1.82) is 0 Å². The second-order valence-electron chi connectivity index (χ2n) is 9.05. The maximum atomic E-state index is 13.7. The van der Waals surface area contributed by atoms with E-state index in [1.54, 1.807) is 56.3 Å². The maximum Gasteiger partial charge on any atom is 0.324 e. The van der Waals surface area contributed by atoms with Crippen LogP contribution in [0.4, 0.5) is 5.69 Å². The maximum absolute atomic E-state index is 13.7. The number of carbonyl (C=O) groups is 3. The van der Waals surface area contributed by atoms with Gasteiger partial charge in [-0.1, -0.05) is 17.7 Å². The van der Waals surface area contributed by atoms with Gasteiger partial charge in [-0.25, -0.2) is 12.4 Å². The molecule has 11 heteroatoms. The molecule has 0 radical (unpaired) electrons. The Morgan fingerprint density at radius 2 is 1.49 bits per heavy atom. The highest BCUT2D eigenvalue weighted by Gasteiger charge is 2.36. The Bertz CT molecular complexity index is 1670. The van der Waals surface area contributed by atoms with Gasteiger partial charge in [-0.15, -0.1) is 0 Å². The Balaban J connectivity index is 1.87. The number of fused-ring (bicyclic) bond motifs is 1. The van der Waals surface area contributed by atoms with Gasteiger partial charge in [-0.05, 0) is 75.4 Å². The fourth-order valence-electron chi connectivity index (χ4n) is 4.30. The average molecular weight is 579 g/mol. The summed E-state index contributed by atoms with van der Waals surface area (Å²) in [6, 6.07) is 17.4. The standard InChI is InChI=1S/C30H30N2O8S/c1-5-39-29(34)27(30(35)40-6-2)25-18-32(41(36,37)23-14-7-19(3)8-15-23)26-16-11-21(17-24(25)26)31-28(33)20-9-12-22(38-4)13-10-20/h7-18,27H,5-6H2,1-4H3,(H,31,33). The number of nitrogens with one attached hydrogen (secondary N) is 1. The zero-order valence-electron chi connectivity index (χ0n) is 23.0. The molecule has 4 aromatic rings. The predicted octanol–water partition coefficient (Wildman–Crippen LogP) is 4.66. The number of aromatic nitrogens is 1. The van der Waals surface area contributed by atoms with Gasteiger partial charge in [-0.3, -0.25) is 14.4 Å². The molecule has 0 atom stereocenters. The van der Waals surface area contributed by atoms with Crippen molar-refractivity contribution in [3.63, 3.8) is 0 Å². The van der Waals surface area contributed by atoms with Crippen LogP contribution in [0.2, 0.25) is 0 Å². The molecule has 1 N–H and O–H groups in total. The molecule has 1 amide bonds. The number of nitrogens with zero attached hydrogens (tertiary/aromatic N) is 1. The fraction of sp³-hybridized carbons (Fsp3) is 0.233. The van der Waals surface area contributed by atoms with Crippen molar-refractivity contribution in [1.82, 2.24) is 3.97 Å². The zero-order chi connectivity index (χ0) is 29.7. The van der Waals surface area contributed by atoms with Crippen LogP contribution in [0.3, 0.4) is 0 Å². The highest BCUT2D eigenvalue weighted by atomic mass is 32.2. The molecule has 0 spiro atoms. The number of hydrogen-bond acceptors (Lipinski definition) is 8. The van der Waals surface area contributed by atoms with Gasteiger partial charge in [0.25, 0.3) is 15.9 Å². The van der Waals surface area contributed by atoms with E-state index >= 15 is 0 Å². The van der Waals surface area contributed by atoms with E-state index in [1.165, 1.54) is 37.6 Å². The van der Waals surface area contributed by atoms with Gasteiger partial charge in [0.2, 0.25) is 0 Å². The summed E-state index contributed by atoms with van der Waals surface area (Å²) in [6.07, 6.45) is 1.23. The second-order valence-corrected chi connectivity index (χ2v) is 10.9. The van der Waals surface area contributed by atoms with Crippen LogP contribution in [0.5, 0.6) is 5.75 Å². The molecule has 41 heavy (non-hydrogen) atoms. The molecule has 10 nitrogen and oxygen atoms in total. The molecular formula is C30H30N2O8S. The van der Waals surface area contributed by atoms with Crippen LogP contribution >= 0.6 is 0 Å². The van der Waals surface area contributed by atoms with Crippen LogP contribution in [-0.2, 0) is 29.1 Å². The van der Waals surface area contributed by atoms with E-state index in [0.29, 0.717) is 17.0 Å². The molecular weight excluding hydrogens is 548 g/mol. The summed E-state index contributed by atoms with van der Waals surface area (Å²) >= 11 is 0. The number of ether oxygens (including phenoxy) is 3. The molecule has 1 aromatic heterocycles. The Morgan fingerprint density at radius 1 is 0.878 bits per heavy atom. The number of aryl methyl sites for hydroxylation is 1. The Hall–Kier alpha value is -4.64. The monoisotopic (exact) mass is 578 g/mol. The molecule has 0 aliphatic heterocycles. The van der Waals surface area contributed by atoms with E-state index in [2.05, 4.69) is 5.32 Å². The molecule has 1 heterocycles. The quantitative estimate of drug-likeness (QED) is 0.213. The van der Waals surface area contributed by atoms with E-state index in [9.17, 15) is 22.8 Å². The van der Waals surface area contributed by atoms with Crippen LogP contribution in [0, 0.1) is 6.92 Å². The molecule has 214 valence electrons. The summed E-state index contributed by atoms with van der Waals surface area (Å²) in [5.41, 5.74) is 1.82. The highest BCUT2D eigenvalue weighted by Crippen LogP contribution is 2.34. The highest BCUT2D eigenvalue weighted by molar-refractivity contribution is 7.90. The molecule has 4 rings (SSSR count). The van der Waals surface area contributed by atoms with Gasteiger partial charge in [0, 0.05) is 28.4 Å². The largest absolute Gasteiger partial charge is 0.497 e. The van der Waals surface area contributed by atoms with Gasteiger partial charge in [0.1, 0.15) is 5.75 Å². The topological polar surface area (TPSA) is 130 Å². The van der Waals surface area contributed by atoms with Gasteiger partial charge in [-0.2, -0.15) is 0 Å². The summed E-state index contributed by atoms with van der Waals surface area (Å²) < 4.78 is 43.9. The molecule has 0 saturated heterocycles. The lowest BCUT2D eigenvalue weighted by Crippen LogP contribution is -2.26. The summed E-state index contributed by atoms with van der Waals surface area (Å²) in [7, 11) is -2.62. The zero-order valence-corrected chi connectivity index (χ0v) is 23.9. The summed E-state index contributed by atoms with van der Waals surface area (Å²) in [5, 5.41) is 3.03. The number of hydrogen-bond donors (Lipinski definition) is 1. The predicted molar refractivity (Wildman–Crippen MR) is 153 cm³/mol. The first-order chi connectivity index (χ1) is 19.6. The Morgan fingerprint density at radius 3 is 2.05 bits per heavy atom. The van der Waals surface area contributed by atoms with Crippen LogP contribution in [0.25, 0.3) is 10.9 Å². The minimum atomic E-state index is -4.14. The number of esters is 2. The van der Waals surface area contributed by atoms with Gasteiger partial charge in [0.05, 0.1) is 30.7 Å². The van der Waals surface area contributed by atoms with Crippen molar-refractivity contribution < 1.29 is 37.0 Å². The third-order valence-corrected chi connectivity index (χ3v) is 8.03. The number of amides is 1. The first-order valence-corrected chi connectivity index (χ1v) is 14.3. The minimum Gasteiger partial charge on any atom is -0.497 e. The molecule has 0 aliphatic rings. The average Bonchev–Trinajstić information content (AvgIpc) is 3.33. The van der Waals surface area contributed by atoms with Crippen molar-refractivity contribution in [2.75, 3.05) is 25.6 Å². The summed E-state index contributed by atoms with van der Waals surface area (Å²) in [6.45, 7) is 5.02. The van der Waals surface area contributed by atoms with Gasteiger partial charge >= 0.3 is 11.9 Å². The molecule has 0 aliphatic carbocycles. The number of carbonyl (C=O) groups excluding carboxylic acids is 3. The van der Waals surface area contributed by atoms with Crippen LogP contribution < -0.4 is 10.1 Å². The molecule has 0 fully saturated rings. The van der Waals surface area contributed by atoms with Crippen molar-refractivity contribution in [3.8, 4) is 5.75 Å². The van der Waals surface area contributed by atoms with Crippen molar-refractivity contribution in [2.45, 2.75) is 31.6 Å². The SMILES string of the molecule is CCOC(=O)C(C(=O)OCC)c1cn(S(=O)(=O)c2ccc(C)cc2)c2ccc(NC(=O)c3ccc(OC)cc3)cc12. The molecule has 0 bridgehead atoms. The van der Waals surface area contributed by atoms with Crippen LogP contribution in [-0.4, -0.2) is 50.6 Å². The van der Waals surface area contributed by atoms with E-state index in [0.717, 1.165) is 9.54 Å². The van der Waals surface area contributed by atoms with Crippen LogP contribution in [0.1, 0.15) is 41.3 Å². The van der Waals surface area contributed by atoms with Crippen molar-refractivity contribution in [3.05, 3.63) is 89.6 Å². The van der Waals surface area contributed by atoms with E-state index < -0.39 is 33.8 Å². The Labute approximate surface area is 237 Å². The lowest BCUT2D eigenvalue weighted by molar-refractivity contribution is -0.156. The third-order valence-electron chi connectivity index (χ3n) is 6.34. The fourth-order valence-corrected chi connectivity index (χ4v) is 5.68. The molecule has 3 aromatic carbocycles. The van der Waals surface area contributed by atoms with Crippen molar-refractivity contribution >= 4 is 44.5 Å². The lowest BCUT2D eigenvalue weighted by Gasteiger charge is -2.14. The normalized spacial score (nSPS) is 11.3. The van der Waals surface area contributed by atoms with E-state index in [4.69, 9.17) is 14.2 Å². The molecule has 0 unspecified atom stereocenters. The van der Waals surface area contributed by atoms with Gasteiger partial charge in [0.15, 0.2) is 5.92 Å².